The number of aromatic nitrogens is 2. The Balaban J connectivity index is 2.47. The number of benzene rings is 1. The zero-order chi connectivity index (χ0) is 17.3. The predicted octanol–water partition coefficient (Wildman–Crippen LogP) is 1.67. The van der Waals surface area contributed by atoms with Gasteiger partial charge in [-0.2, -0.15) is 0 Å². The molecule has 2 rings (SSSR count). The number of nitrogens with two attached hydrogens (primary N) is 1. The lowest BCUT2D eigenvalue weighted by atomic mass is 10.0. The lowest BCUT2D eigenvalue weighted by Crippen LogP contribution is -2.32. The zero-order valence-corrected chi connectivity index (χ0v) is 13.9. The van der Waals surface area contributed by atoms with Crippen LogP contribution >= 0.6 is 11.6 Å². The summed E-state index contributed by atoms with van der Waals surface area (Å²) in [5.41, 5.74) is 8.30. The summed E-state index contributed by atoms with van der Waals surface area (Å²) in [6.45, 7) is 3.65. The first-order chi connectivity index (χ1) is 10.7. The molecule has 1 atom stereocenters. The molecule has 0 aliphatic rings. The van der Waals surface area contributed by atoms with Crippen LogP contribution in [0.1, 0.15) is 17.0 Å². The average molecular weight is 336 g/mol. The van der Waals surface area contributed by atoms with Gasteiger partial charge in [0.1, 0.15) is 11.7 Å². The lowest BCUT2D eigenvalue weighted by molar-refractivity contribution is -0.138. The Morgan fingerprint density at radius 1 is 1.43 bits per heavy atom. The van der Waals surface area contributed by atoms with E-state index in [0.29, 0.717) is 16.1 Å². The highest BCUT2D eigenvalue weighted by Gasteiger charge is 2.16. The minimum atomic E-state index is -1.07. The van der Waals surface area contributed by atoms with Crippen LogP contribution < -0.4 is 11.3 Å². The van der Waals surface area contributed by atoms with E-state index in [1.807, 2.05) is 13.8 Å². The Morgan fingerprint density at radius 3 is 2.65 bits per heavy atom. The number of aliphatic carboxylic acids is 1. The third-order valence-electron chi connectivity index (χ3n) is 3.87. The third-order valence-corrected chi connectivity index (χ3v) is 4.19. The van der Waals surface area contributed by atoms with Gasteiger partial charge in [-0.05, 0) is 31.9 Å². The average Bonchev–Trinajstić information content (AvgIpc) is 2.49. The smallest absolute Gasteiger partial charge is 0.320 e. The highest BCUT2D eigenvalue weighted by molar-refractivity contribution is 6.33. The maximum absolute atomic E-state index is 12.4. The minimum Gasteiger partial charge on any atom is -0.480 e. The van der Waals surface area contributed by atoms with Crippen LogP contribution in [0.5, 0.6) is 0 Å². The molecule has 2 aromatic rings. The molecule has 7 heteroatoms. The highest BCUT2D eigenvalue weighted by atomic mass is 35.5. The first kappa shape index (κ1) is 17.2. The second-order valence-electron chi connectivity index (χ2n) is 5.46. The summed E-state index contributed by atoms with van der Waals surface area (Å²) in [6.07, 6.45) is 0.160. The van der Waals surface area contributed by atoms with Crippen molar-refractivity contribution in [3.63, 3.8) is 0 Å². The number of rotatable bonds is 4. The molecule has 1 aromatic carbocycles. The molecule has 0 saturated heterocycles. The van der Waals surface area contributed by atoms with E-state index in [2.05, 4.69) is 4.98 Å². The van der Waals surface area contributed by atoms with Crippen molar-refractivity contribution in [1.29, 1.82) is 0 Å². The summed E-state index contributed by atoms with van der Waals surface area (Å²) < 4.78 is 1.53. The SMILES string of the molecule is Cc1nc(-c2ccc(CC(N)C(=O)O)cc2Cl)c(=O)n(C)c1C. The molecule has 6 nitrogen and oxygen atoms in total. The van der Waals surface area contributed by atoms with Crippen LogP contribution in [0.15, 0.2) is 23.0 Å². The minimum absolute atomic E-state index is 0.160. The van der Waals surface area contributed by atoms with Gasteiger partial charge in [0.05, 0.1) is 10.7 Å². The van der Waals surface area contributed by atoms with Crippen molar-refractivity contribution in [3.05, 3.63) is 50.5 Å². The molecule has 122 valence electrons. The first-order valence-electron chi connectivity index (χ1n) is 7.03. The summed E-state index contributed by atoms with van der Waals surface area (Å²) in [7, 11) is 1.68. The van der Waals surface area contributed by atoms with Crippen molar-refractivity contribution in [2.45, 2.75) is 26.3 Å². The fraction of sp³-hybridized carbons (Fsp3) is 0.312. The fourth-order valence-corrected chi connectivity index (χ4v) is 2.54. The second kappa shape index (κ2) is 6.52. The summed E-state index contributed by atoms with van der Waals surface area (Å²) in [4.78, 5) is 27.6. The summed E-state index contributed by atoms with van der Waals surface area (Å²) in [6, 6.07) is 4.01. The Labute approximate surface area is 138 Å². The molecule has 0 aliphatic heterocycles. The second-order valence-corrected chi connectivity index (χ2v) is 5.87. The van der Waals surface area contributed by atoms with Crippen molar-refractivity contribution in [1.82, 2.24) is 9.55 Å². The van der Waals surface area contributed by atoms with Gasteiger partial charge in [0.25, 0.3) is 5.56 Å². The van der Waals surface area contributed by atoms with Crippen LogP contribution in [0.25, 0.3) is 11.3 Å². The van der Waals surface area contributed by atoms with Crippen LogP contribution in [0, 0.1) is 13.8 Å². The van der Waals surface area contributed by atoms with Crippen molar-refractivity contribution in [2.24, 2.45) is 12.8 Å². The van der Waals surface area contributed by atoms with E-state index in [-0.39, 0.29) is 17.7 Å². The predicted molar refractivity (Wildman–Crippen MR) is 88.7 cm³/mol. The molecule has 1 heterocycles. The van der Waals surface area contributed by atoms with E-state index in [1.54, 1.807) is 25.2 Å². The van der Waals surface area contributed by atoms with Crippen LogP contribution in [-0.4, -0.2) is 26.7 Å². The molecule has 0 aliphatic carbocycles. The van der Waals surface area contributed by atoms with Gasteiger partial charge < -0.3 is 15.4 Å². The van der Waals surface area contributed by atoms with Gasteiger partial charge in [-0.15, -0.1) is 0 Å². The van der Waals surface area contributed by atoms with Gasteiger partial charge in [-0.25, -0.2) is 4.98 Å². The van der Waals surface area contributed by atoms with Gasteiger partial charge in [0.2, 0.25) is 0 Å². The Morgan fingerprint density at radius 2 is 2.09 bits per heavy atom. The Bertz CT molecular complexity index is 830. The van der Waals surface area contributed by atoms with Crippen LogP contribution in [0.4, 0.5) is 0 Å². The van der Waals surface area contributed by atoms with Crippen molar-refractivity contribution in [3.8, 4) is 11.3 Å². The van der Waals surface area contributed by atoms with Gasteiger partial charge >= 0.3 is 5.97 Å². The molecule has 3 N–H and O–H groups in total. The normalized spacial score (nSPS) is 12.2. The monoisotopic (exact) mass is 335 g/mol. The summed E-state index contributed by atoms with van der Waals surface area (Å²) in [5, 5.41) is 9.20. The summed E-state index contributed by atoms with van der Waals surface area (Å²) in [5.74, 6) is -1.07. The number of carbonyl (C=O) groups is 1. The molecule has 0 spiro atoms. The number of hydrogen-bond acceptors (Lipinski definition) is 4. The van der Waals surface area contributed by atoms with Crippen LogP contribution in [0.2, 0.25) is 5.02 Å². The highest BCUT2D eigenvalue weighted by Crippen LogP contribution is 2.26. The first-order valence-corrected chi connectivity index (χ1v) is 7.41. The molecular formula is C16H18ClN3O3. The van der Waals surface area contributed by atoms with E-state index in [1.165, 1.54) is 4.57 Å². The van der Waals surface area contributed by atoms with E-state index >= 15 is 0 Å². The van der Waals surface area contributed by atoms with Gasteiger partial charge in [0, 0.05) is 18.3 Å². The molecule has 0 fully saturated rings. The molecular weight excluding hydrogens is 318 g/mol. The van der Waals surface area contributed by atoms with Crippen LogP contribution in [-0.2, 0) is 18.3 Å². The van der Waals surface area contributed by atoms with Crippen molar-refractivity contribution >= 4 is 17.6 Å². The van der Waals surface area contributed by atoms with Crippen molar-refractivity contribution in [2.75, 3.05) is 0 Å². The molecule has 1 unspecified atom stereocenters. The summed E-state index contributed by atoms with van der Waals surface area (Å²) >= 11 is 6.27. The quantitative estimate of drug-likeness (QED) is 0.885. The topological polar surface area (TPSA) is 98.2 Å². The van der Waals surface area contributed by atoms with E-state index in [9.17, 15) is 9.59 Å². The number of aryl methyl sites for hydroxylation is 1. The van der Waals surface area contributed by atoms with Gasteiger partial charge in [-0.3, -0.25) is 9.59 Å². The fourth-order valence-electron chi connectivity index (χ4n) is 2.24. The molecule has 1 aromatic heterocycles. The standard InChI is InChI=1S/C16H18ClN3O3/c1-8-9(2)20(3)15(21)14(19-8)11-5-4-10(6-12(11)17)7-13(18)16(22)23/h4-6,13H,7,18H2,1-3H3,(H,22,23). The molecule has 0 saturated carbocycles. The Hall–Kier alpha value is -2.18. The number of carboxylic acids is 1. The number of nitrogens with zero attached hydrogens (tertiary/aromatic N) is 2. The van der Waals surface area contributed by atoms with E-state index in [4.69, 9.17) is 22.4 Å². The third kappa shape index (κ3) is 3.43. The zero-order valence-electron chi connectivity index (χ0n) is 13.1. The van der Waals surface area contributed by atoms with Crippen LogP contribution in [0.3, 0.4) is 0 Å². The molecule has 0 radical (unpaired) electrons. The maximum atomic E-state index is 12.4. The largest absolute Gasteiger partial charge is 0.480 e. The van der Waals surface area contributed by atoms with Crippen molar-refractivity contribution < 1.29 is 9.90 Å². The maximum Gasteiger partial charge on any atom is 0.320 e. The molecule has 0 bridgehead atoms. The number of halogens is 1. The number of carboxylic acid groups (broad SMARTS) is 1. The molecule has 0 amide bonds. The van der Waals surface area contributed by atoms with E-state index in [0.717, 1.165) is 11.4 Å². The number of hydrogen-bond donors (Lipinski definition) is 2. The van der Waals surface area contributed by atoms with Gasteiger partial charge in [0.15, 0.2) is 0 Å². The Kier molecular flexibility index (Phi) is 4.87. The van der Waals surface area contributed by atoms with E-state index < -0.39 is 12.0 Å². The lowest BCUT2D eigenvalue weighted by Gasteiger charge is -2.12. The van der Waals surface area contributed by atoms with Gasteiger partial charge in [-0.1, -0.05) is 23.7 Å². The molecule has 23 heavy (non-hydrogen) atoms.